The van der Waals surface area contributed by atoms with Gasteiger partial charge in [-0.2, -0.15) is 0 Å². The van der Waals surface area contributed by atoms with Crippen molar-refractivity contribution in [1.82, 2.24) is 10.2 Å². The van der Waals surface area contributed by atoms with Gasteiger partial charge >= 0.3 is 0 Å². The van der Waals surface area contributed by atoms with Crippen LogP contribution in [0, 0.1) is 5.92 Å². The van der Waals surface area contributed by atoms with Crippen LogP contribution in [0.4, 0.5) is 0 Å². The highest BCUT2D eigenvalue weighted by Gasteiger charge is 2.40. The summed E-state index contributed by atoms with van der Waals surface area (Å²) in [7, 11) is 0. The lowest BCUT2D eigenvalue weighted by Crippen LogP contribution is -2.36. The maximum absolute atomic E-state index is 3.74. The van der Waals surface area contributed by atoms with Gasteiger partial charge in [0.1, 0.15) is 0 Å². The highest BCUT2D eigenvalue weighted by Crippen LogP contribution is 2.34. The van der Waals surface area contributed by atoms with Crippen LogP contribution in [0.5, 0.6) is 0 Å². The standard InChI is InChI=1S/C12H22N2/c1-9-3-2-6-14(9)8-10-7-11-4-5-12(10)13-11/h9-13H,2-8H2,1H3. The van der Waals surface area contributed by atoms with Crippen LogP contribution < -0.4 is 5.32 Å². The van der Waals surface area contributed by atoms with E-state index < -0.39 is 0 Å². The molecule has 4 unspecified atom stereocenters. The van der Waals surface area contributed by atoms with Gasteiger partial charge in [0, 0.05) is 24.7 Å². The average molecular weight is 194 g/mol. The minimum absolute atomic E-state index is 0.856. The van der Waals surface area contributed by atoms with Gasteiger partial charge in [-0.05, 0) is 51.5 Å². The predicted molar refractivity (Wildman–Crippen MR) is 58.3 cm³/mol. The van der Waals surface area contributed by atoms with E-state index in [9.17, 15) is 0 Å². The maximum atomic E-state index is 3.74. The lowest BCUT2D eigenvalue weighted by atomic mass is 9.89. The molecule has 0 radical (unpaired) electrons. The van der Waals surface area contributed by atoms with Crippen molar-refractivity contribution in [1.29, 1.82) is 0 Å². The fourth-order valence-corrected chi connectivity index (χ4v) is 3.70. The van der Waals surface area contributed by atoms with Crippen LogP contribution in [0.2, 0.25) is 0 Å². The van der Waals surface area contributed by atoms with Crippen molar-refractivity contribution in [2.45, 2.75) is 57.2 Å². The van der Waals surface area contributed by atoms with Gasteiger partial charge in [0.15, 0.2) is 0 Å². The zero-order valence-corrected chi connectivity index (χ0v) is 9.21. The van der Waals surface area contributed by atoms with Gasteiger partial charge in [-0.15, -0.1) is 0 Å². The molecule has 2 bridgehead atoms. The quantitative estimate of drug-likeness (QED) is 0.718. The summed E-state index contributed by atoms with van der Waals surface area (Å²) >= 11 is 0. The van der Waals surface area contributed by atoms with E-state index in [2.05, 4.69) is 17.1 Å². The first-order valence-corrected chi connectivity index (χ1v) is 6.33. The van der Waals surface area contributed by atoms with E-state index in [-0.39, 0.29) is 0 Å². The zero-order chi connectivity index (χ0) is 9.54. The minimum atomic E-state index is 0.856. The molecule has 3 heterocycles. The first kappa shape index (κ1) is 9.17. The fraction of sp³-hybridized carbons (Fsp3) is 1.00. The van der Waals surface area contributed by atoms with E-state index in [0.29, 0.717) is 0 Å². The monoisotopic (exact) mass is 194 g/mol. The largest absolute Gasteiger partial charge is 0.311 e. The Balaban J connectivity index is 1.57. The molecule has 2 nitrogen and oxygen atoms in total. The Morgan fingerprint density at radius 3 is 2.79 bits per heavy atom. The Kier molecular flexibility index (Phi) is 2.29. The summed E-state index contributed by atoms with van der Waals surface area (Å²) in [5.74, 6) is 0.967. The molecule has 0 aromatic heterocycles. The second-order valence-electron chi connectivity index (χ2n) is 5.53. The number of hydrogen-bond acceptors (Lipinski definition) is 2. The molecule has 0 amide bonds. The molecule has 0 aliphatic carbocycles. The van der Waals surface area contributed by atoms with Gasteiger partial charge in [0.2, 0.25) is 0 Å². The fourth-order valence-electron chi connectivity index (χ4n) is 3.70. The van der Waals surface area contributed by atoms with Crippen molar-refractivity contribution >= 4 is 0 Å². The Bertz CT molecular complexity index is 216. The molecule has 3 fully saturated rings. The number of nitrogens with one attached hydrogen (secondary N) is 1. The van der Waals surface area contributed by atoms with Gasteiger partial charge in [0.25, 0.3) is 0 Å². The normalized spacial score (nSPS) is 47.8. The molecular formula is C12H22N2. The maximum Gasteiger partial charge on any atom is 0.0111 e. The van der Waals surface area contributed by atoms with Crippen molar-refractivity contribution in [3.05, 3.63) is 0 Å². The highest BCUT2D eigenvalue weighted by atomic mass is 15.2. The molecule has 0 saturated carbocycles. The zero-order valence-electron chi connectivity index (χ0n) is 9.21. The van der Waals surface area contributed by atoms with Gasteiger partial charge in [-0.3, -0.25) is 0 Å². The lowest BCUT2D eigenvalue weighted by Gasteiger charge is -2.28. The summed E-state index contributed by atoms with van der Waals surface area (Å²) in [6.45, 7) is 5.12. The predicted octanol–water partition coefficient (Wildman–Crippen LogP) is 1.61. The molecule has 14 heavy (non-hydrogen) atoms. The van der Waals surface area contributed by atoms with Crippen molar-refractivity contribution in [2.24, 2.45) is 5.92 Å². The number of nitrogens with zero attached hydrogens (tertiary/aromatic N) is 1. The Hall–Kier alpha value is -0.0800. The van der Waals surface area contributed by atoms with Crippen molar-refractivity contribution in [3.63, 3.8) is 0 Å². The van der Waals surface area contributed by atoms with Crippen LogP contribution in [0.25, 0.3) is 0 Å². The van der Waals surface area contributed by atoms with E-state index in [1.807, 2.05) is 0 Å². The third kappa shape index (κ3) is 1.49. The summed E-state index contributed by atoms with van der Waals surface area (Å²) in [6.07, 6.45) is 7.19. The van der Waals surface area contributed by atoms with Crippen LogP contribution in [0.15, 0.2) is 0 Å². The molecule has 0 spiro atoms. The number of hydrogen-bond donors (Lipinski definition) is 1. The number of likely N-dealkylation sites (tertiary alicyclic amines) is 1. The summed E-state index contributed by atoms with van der Waals surface area (Å²) in [6, 6.07) is 2.60. The van der Waals surface area contributed by atoms with Crippen molar-refractivity contribution in [2.75, 3.05) is 13.1 Å². The number of fused-ring (bicyclic) bond motifs is 2. The van der Waals surface area contributed by atoms with Gasteiger partial charge in [-0.1, -0.05) is 0 Å². The number of rotatable bonds is 2. The molecule has 2 heteroatoms. The van der Waals surface area contributed by atoms with Crippen LogP contribution in [-0.4, -0.2) is 36.1 Å². The Morgan fingerprint density at radius 1 is 1.29 bits per heavy atom. The van der Waals surface area contributed by atoms with Crippen molar-refractivity contribution < 1.29 is 0 Å². The van der Waals surface area contributed by atoms with E-state index in [1.165, 1.54) is 45.2 Å². The molecule has 3 saturated heterocycles. The molecule has 3 aliphatic heterocycles. The molecule has 3 aliphatic rings. The van der Waals surface area contributed by atoms with E-state index >= 15 is 0 Å². The second-order valence-corrected chi connectivity index (χ2v) is 5.53. The molecule has 0 aromatic rings. The van der Waals surface area contributed by atoms with Crippen LogP contribution in [0.1, 0.15) is 39.0 Å². The molecule has 1 N–H and O–H groups in total. The average Bonchev–Trinajstić information content (AvgIpc) is 2.83. The van der Waals surface area contributed by atoms with E-state index in [0.717, 1.165) is 24.0 Å². The van der Waals surface area contributed by atoms with Gasteiger partial charge in [0.05, 0.1) is 0 Å². The topological polar surface area (TPSA) is 15.3 Å². The molecule has 3 rings (SSSR count). The van der Waals surface area contributed by atoms with E-state index in [4.69, 9.17) is 0 Å². The highest BCUT2D eigenvalue weighted by molar-refractivity contribution is 4.98. The summed E-state index contributed by atoms with van der Waals surface area (Å²) < 4.78 is 0. The third-order valence-electron chi connectivity index (χ3n) is 4.59. The second kappa shape index (κ2) is 3.49. The SMILES string of the molecule is CC1CCCN1CC1CC2CCC1N2. The van der Waals surface area contributed by atoms with Crippen LogP contribution >= 0.6 is 0 Å². The van der Waals surface area contributed by atoms with Crippen molar-refractivity contribution in [3.8, 4) is 0 Å². The smallest absolute Gasteiger partial charge is 0.0111 e. The van der Waals surface area contributed by atoms with Crippen LogP contribution in [-0.2, 0) is 0 Å². The van der Waals surface area contributed by atoms with E-state index in [1.54, 1.807) is 0 Å². The van der Waals surface area contributed by atoms with Gasteiger partial charge < -0.3 is 10.2 Å². The van der Waals surface area contributed by atoms with Crippen LogP contribution in [0.3, 0.4) is 0 Å². The summed E-state index contributed by atoms with van der Waals surface area (Å²) in [5.41, 5.74) is 0. The minimum Gasteiger partial charge on any atom is -0.311 e. The Morgan fingerprint density at radius 2 is 2.21 bits per heavy atom. The molecule has 80 valence electrons. The first-order valence-electron chi connectivity index (χ1n) is 6.33. The van der Waals surface area contributed by atoms with Gasteiger partial charge in [-0.25, -0.2) is 0 Å². The molecule has 0 aromatic carbocycles. The third-order valence-corrected chi connectivity index (χ3v) is 4.59. The Labute approximate surface area is 87.0 Å². The molecular weight excluding hydrogens is 172 g/mol. The molecule has 4 atom stereocenters. The summed E-state index contributed by atoms with van der Waals surface area (Å²) in [5, 5.41) is 3.74. The lowest BCUT2D eigenvalue weighted by molar-refractivity contribution is 0.206. The first-order chi connectivity index (χ1) is 6.83. The summed E-state index contributed by atoms with van der Waals surface area (Å²) in [4.78, 5) is 2.72.